The van der Waals surface area contributed by atoms with E-state index < -0.39 is 0 Å². The largest absolute Gasteiger partial charge is 0.280 e. The Kier molecular flexibility index (Phi) is 3.25. The number of pyridine rings is 1. The summed E-state index contributed by atoms with van der Waals surface area (Å²) in [7, 11) is 0. The molecular formula is C15H14N4O. The van der Waals surface area contributed by atoms with Gasteiger partial charge in [0, 0.05) is 31.3 Å². The Labute approximate surface area is 117 Å². The number of anilines is 1. The van der Waals surface area contributed by atoms with Crippen molar-refractivity contribution in [2.75, 3.05) is 11.4 Å². The van der Waals surface area contributed by atoms with Crippen LogP contribution in [0.2, 0.25) is 0 Å². The van der Waals surface area contributed by atoms with Gasteiger partial charge in [-0.2, -0.15) is 0 Å². The molecule has 1 unspecified atom stereocenters. The van der Waals surface area contributed by atoms with Crippen LogP contribution >= 0.6 is 0 Å². The minimum Gasteiger partial charge on any atom is -0.280 e. The molecule has 5 heteroatoms. The van der Waals surface area contributed by atoms with Crippen molar-refractivity contribution in [1.82, 2.24) is 15.0 Å². The fourth-order valence-corrected chi connectivity index (χ4v) is 2.22. The number of amides is 1. The van der Waals surface area contributed by atoms with Crippen LogP contribution in [0.15, 0.2) is 49.3 Å². The molecule has 0 aromatic carbocycles. The molecule has 100 valence electrons. The van der Waals surface area contributed by atoms with Gasteiger partial charge in [-0.1, -0.05) is 12.1 Å². The molecule has 1 atom stereocenters. The van der Waals surface area contributed by atoms with E-state index in [0.717, 1.165) is 5.69 Å². The van der Waals surface area contributed by atoms with Crippen molar-refractivity contribution in [3.8, 4) is 11.4 Å². The Morgan fingerprint density at radius 2 is 2.10 bits per heavy atom. The molecule has 0 N–H and O–H groups in total. The molecule has 2 aromatic rings. The summed E-state index contributed by atoms with van der Waals surface area (Å²) >= 11 is 0. The molecule has 0 saturated carbocycles. The lowest BCUT2D eigenvalue weighted by Gasteiger charge is -2.14. The first-order valence-corrected chi connectivity index (χ1v) is 6.45. The lowest BCUT2D eigenvalue weighted by molar-refractivity contribution is -0.117. The second-order valence-electron chi connectivity index (χ2n) is 4.66. The molecule has 5 nitrogen and oxygen atoms in total. The third-order valence-electron chi connectivity index (χ3n) is 3.30. The highest BCUT2D eigenvalue weighted by Crippen LogP contribution is 2.24. The summed E-state index contributed by atoms with van der Waals surface area (Å²) in [5.41, 5.74) is 1.48. The maximum atomic E-state index is 12.0. The third-order valence-corrected chi connectivity index (χ3v) is 3.30. The molecule has 0 bridgehead atoms. The maximum absolute atomic E-state index is 12.0. The van der Waals surface area contributed by atoms with E-state index in [1.165, 1.54) is 0 Å². The number of aromatic nitrogens is 3. The van der Waals surface area contributed by atoms with Crippen molar-refractivity contribution >= 4 is 11.9 Å². The zero-order valence-electron chi connectivity index (χ0n) is 10.9. The average molecular weight is 266 g/mol. The van der Waals surface area contributed by atoms with Crippen LogP contribution in [0.1, 0.15) is 6.42 Å². The molecule has 1 aliphatic heterocycles. The molecule has 0 aliphatic carbocycles. The molecule has 3 heterocycles. The van der Waals surface area contributed by atoms with Crippen molar-refractivity contribution in [3.63, 3.8) is 0 Å². The second kappa shape index (κ2) is 5.21. The zero-order chi connectivity index (χ0) is 13.9. The Morgan fingerprint density at radius 1 is 1.20 bits per heavy atom. The van der Waals surface area contributed by atoms with E-state index >= 15 is 0 Å². The maximum Gasteiger partial charge on any atom is 0.232 e. The first kappa shape index (κ1) is 12.5. The lowest BCUT2D eigenvalue weighted by Crippen LogP contribution is -2.26. The van der Waals surface area contributed by atoms with Gasteiger partial charge in [-0.3, -0.25) is 14.7 Å². The highest BCUT2D eigenvalue weighted by Gasteiger charge is 2.30. The minimum atomic E-state index is 0.0353. The smallest absolute Gasteiger partial charge is 0.232 e. The van der Waals surface area contributed by atoms with Crippen molar-refractivity contribution in [2.45, 2.75) is 6.42 Å². The fourth-order valence-electron chi connectivity index (χ4n) is 2.22. The highest BCUT2D eigenvalue weighted by molar-refractivity contribution is 5.94. The average Bonchev–Trinajstić information content (AvgIpc) is 2.89. The molecular weight excluding hydrogens is 252 g/mol. The van der Waals surface area contributed by atoms with Gasteiger partial charge in [-0.05, 0) is 18.2 Å². The molecule has 20 heavy (non-hydrogen) atoms. The van der Waals surface area contributed by atoms with E-state index in [1.807, 2.05) is 18.2 Å². The van der Waals surface area contributed by atoms with E-state index in [4.69, 9.17) is 0 Å². The van der Waals surface area contributed by atoms with Crippen molar-refractivity contribution in [1.29, 1.82) is 0 Å². The van der Waals surface area contributed by atoms with Gasteiger partial charge in [-0.15, -0.1) is 6.58 Å². The summed E-state index contributed by atoms with van der Waals surface area (Å²) in [6, 6.07) is 7.42. The molecule has 0 radical (unpaired) electrons. The van der Waals surface area contributed by atoms with Crippen LogP contribution in [0, 0.1) is 5.92 Å². The van der Waals surface area contributed by atoms with E-state index in [-0.39, 0.29) is 11.8 Å². The Balaban J connectivity index is 1.92. The molecule has 3 rings (SSSR count). The zero-order valence-corrected chi connectivity index (χ0v) is 10.9. The summed E-state index contributed by atoms with van der Waals surface area (Å²) in [5.74, 6) is 0.639. The third kappa shape index (κ3) is 2.30. The van der Waals surface area contributed by atoms with E-state index in [0.29, 0.717) is 24.6 Å². The van der Waals surface area contributed by atoms with Gasteiger partial charge in [0.2, 0.25) is 11.9 Å². The minimum absolute atomic E-state index is 0.0353. The quantitative estimate of drug-likeness (QED) is 0.798. The van der Waals surface area contributed by atoms with Gasteiger partial charge in [0.05, 0.1) is 11.4 Å². The molecule has 2 aromatic heterocycles. The van der Waals surface area contributed by atoms with Crippen LogP contribution in [0.25, 0.3) is 11.4 Å². The van der Waals surface area contributed by atoms with Gasteiger partial charge >= 0.3 is 0 Å². The number of carbonyl (C=O) groups excluding carboxylic acids is 1. The SMILES string of the molecule is C=CC1CC(=O)N(c2nccc(-c3ccccn3)n2)C1. The highest BCUT2D eigenvalue weighted by atomic mass is 16.2. The topological polar surface area (TPSA) is 59.0 Å². The van der Waals surface area contributed by atoms with E-state index in [2.05, 4.69) is 21.5 Å². The molecule has 1 aliphatic rings. The van der Waals surface area contributed by atoms with Crippen molar-refractivity contribution in [3.05, 3.63) is 49.3 Å². The van der Waals surface area contributed by atoms with Crippen LogP contribution in [-0.2, 0) is 4.79 Å². The summed E-state index contributed by atoms with van der Waals surface area (Å²) < 4.78 is 0. The van der Waals surface area contributed by atoms with Crippen molar-refractivity contribution < 1.29 is 4.79 Å². The standard InChI is InChI=1S/C15H14N4O/c1-2-11-9-14(20)19(10-11)15-17-8-6-13(18-15)12-5-3-4-7-16-12/h2-8,11H,1,9-10H2. The summed E-state index contributed by atoms with van der Waals surface area (Å²) in [5, 5.41) is 0. The number of carbonyl (C=O) groups is 1. The van der Waals surface area contributed by atoms with Gasteiger partial charge in [0.25, 0.3) is 0 Å². The van der Waals surface area contributed by atoms with Crippen LogP contribution < -0.4 is 4.90 Å². The number of rotatable bonds is 3. The Bertz CT molecular complexity index is 641. The predicted molar refractivity (Wildman–Crippen MR) is 75.9 cm³/mol. The van der Waals surface area contributed by atoms with Crippen molar-refractivity contribution in [2.24, 2.45) is 5.92 Å². The monoisotopic (exact) mass is 266 g/mol. The summed E-state index contributed by atoms with van der Waals surface area (Å²) in [6.07, 6.45) is 5.65. The van der Waals surface area contributed by atoms with E-state index in [1.54, 1.807) is 29.4 Å². The molecule has 1 saturated heterocycles. The van der Waals surface area contributed by atoms with E-state index in [9.17, 15) is 4.79 Å². The molecule has 1 fully saturated rings. The number of hydrogen-bond acceptors (Lipinski definition) is 4. The number of nitrogens with zero attached hydrogens (tertiary/aromatic N) is 4. The molecule has 1 amide bonds. The van der Waals surface area contributed by atoms with Gasteiger partial charge < -0.3 is 0 Å². The van der Waals surface area contributed by atoms with Gasteiger partial charge in [0.15, 0.2) is 0 Å². The summed E-state index contributed by atoms with van der Waals surface area (Å²) in [4.78, 5) is 26.5. The first-order chi connectivity index (χ1) is 9.78. The first-order valence-electron chi connectivity index (χ1n) is 6.45. The van der Waals surface area contributed by atoms with Gasteiger partial charge in [0.1, 0.15) is 0 Å². The Morgan fingerprint density at radius 3 is 2.80 bits per heavy atom. The number of hydrogen-bond donors (Lipinski definition) is 0. The van der Waals surface area contributed by atoms with Crippen LogP contribution in [-0.4, -0.2) is 27.4 Å². The van der Waals surface area contributed by atoms with Crippen LogP contribution in [0.3, 0.4) is 0 Å². The van der Waals surface area contributed by atoms with Crippen LogP contribution in [0.4, 0.5) is 5.95 Å². The summed E-state index contributed by atoms with van der Waals surface area (Å²) in [6.45, 7) is 4.33. The van der Waals surface area contributed by atoms with Crippen LogP contribution in [0.5, 0.6) is 0 Å². The fraction of sp³-hybridized carbons (Fsp3) is 0.200. The normalized spacial score (nSPS) is 18.3. The molecule has 0 spiro atoms. The predicted octanol–water partition coefficient (Wildman–Crippen LogP) is 2.08. The second-order valence-corrected chi connectivity index (χ2v) is 4.66. The lowest BCUT2D eigenvalue weighted by atomic mass is 10.1. The Hall–Kier alpha value is -2.56. The van der Waals surface area contributed by atoms with Gasteiger partial charge in [-0.25, -0.2) is 9.97 Å².